The number of halogens is 1. The van der Waals surface area contributed by atoms with Gasteiger partial charge in [0.2, 0.25) is 5.89 Å². The Hall–Kier alpha value is -1.81. The van der Waals surface area contributed by atoms with E-state index in [9.17, 15) is 4.79 Å². The summed E-state index contributed by atoms with van der Waals surface area (Å²) >= 11 is 6.07. The van der Waals surface area contributed by atoms with Crippen LogP contribution >= 0.6 is 11.6 Å². The van der Waals surface area contributed by atoms with E-state index in [1.54, 1.807) is 12.1 Å². The molecule has 0 aliphatic rings. The zero-order valence-electron chi connectivity index (χ0n) is 8.40. The van der Waals surface area contributed by atoms with Crippen molar-refractivity contribution >= 4 is 17.6 Å². The average Bonchev–Trinajstić information content (AvgIpc) is 2.71. The second kappa shape index (κ2) is 3.98. The van der Waals surface area contributed by atoms with Crippen LogP contribution in [0, 0.1) is 6.92 Å². The zero-order valence-corrected chi connectivity index (χ0v) is 9.15. The maximum Gasteiger partial charge on any atom is 0.357 e. The third-order valence-electron chi connectivity index (χ3n) is 2.15. The van der Waals surface area contributed by atoms with E-state index in [1.165, 1.54) is 0 Å². The van der Waals surface area contributed by atoms with E-state index in [4.69, 9.17) is 21.1 Å². The van der Waals surface area contributed by atoms with Crippen LogP contribution in [0.1, 0.15) is 16.1 Å². The van der Waals surface area contributed by atoms with Crippen LogP contribution in [0.4, 0.5) is 0 Å². The molecule has 0 saturated heterocycles. The molecule has 0 radical (unpaired) electrons. The lowest BCUT2D eigenvalue weighted by molar-refractivity contribution is 0.0690. The van der Waals surface area contributed by atoms with Gasteiger partial charge in [0.1, 0.15) is 6.26 Å². The summed E-state index contributed by atoms with van der Waals surface area (Å²) in [5.74, 6) is -0.912. The number of oxazole rings is 1. The smallest absolute Gasteiger partial charge is 0.357 e. The summed E-state index contributed by atoms with van der Waals surface area (Å²) < 4.78 is 5.07. The normalized spacial score (nSPS) is 10.4. The van der Waals surface area contributed by atoms with Gasteiger partial charge in [-0.25, -0.2) is 9.78 Å². The second-order valence-electron chi connectivity index (χ2n) is 3.28. The molecule has 82 valence electrons. The number of carbonyl (C=O) groups is 1. The zero-order chi connectivity index (χ0) is 11.7. The highest BCUT2D eigenvalue weighted by Gasteiger charge is 2.14. The predicted octanol–water partition coefficient (Wildman–Crippen LogP) is 3.00. The van der Waals surface area contributed by atoms with Crippen LogP contribution in [-0.2, 0) is 0 Å². The second-order valence-corrected chi connectivity index (χ2v) is 3.66. The van der Waals surface area contributed by atoms with Crippen molar-refractivity contribution in [3.63, 3.8) is 0 Å². The number of aromatic carboxylic acids is 1. The molecule has 0 atom stereocenters. The molecule has 0 spiro atoms. The first-order valence-corrected chi connectivity index (χ1v) is 4.91. The molecule has 16 heavy (non-hydrogen) atoms. The summed E-state index contributed by atoms with van der Waals surface area (Å²) in [5.41, 5.74) is 1.34. The van der Waals surface area contributed by atoms with Crippen molar-refractivity contribution in [2.75, 3.05) is 0 Å². The molecular weight excluding hydrogens is 230 g/mol. The van der Waals surface area contributed by atoms with Crippen LogP contribution < -0.4 is 0 Å². The lowest BCUT2D eigenvalue weighted by Gasteiger charge is -2.01. The Morgan fingerprint density at radius 3 is 2.88 bits per heavy atom. The SMILES string of the molecule is Cc1cccc(-c2nc(C(=O)O)co2)c1Cl. The van der Waals surface area contributed by atoms with Gasteiger partial charge in [0.15, 0.2) is 5.69 Å². The van der Waals surface area contributed by atoms with E-state index in [0.29, 0.717) is 10.6 Å². The predicted molar refractivity (Wildman–Crippen MR) is 58.6 cm³/mol. The molecule has 1 heterocycles. The number of rotatable bonds is 2. The molecule has 4 nitrogen and oxygen atoms in total. The number of hydrogen-bond acceptors (Lipinski definition) is 3. The quantitative estimate of drug-likeness (QED) is 0.872. The Labute approximate surface area is 96.5 Å². The molecule has 5 heteroatoms. The molecule has 0 amide bonds. The maximum atomic E-state index is 10.6. The van der Waals surface area contributed by atoms with Crippen LogP contribution in [0.25, 0.3) is 11.5 Å². The van der Waals surface area contributed by atoms with Gasteiger partial charge in [-0.15, -0.1) is 0 Å². The molecule has 1 N–H and O–H groups in total. The van der Waals surface area contributed by atoms with Crippen molar-refractivity contribution in [3.8, 4) is 11.5 Å². The highest BCUT2D eigenvalue weighted by Crippen LogP contribution is 2.29. The van der Waals surface area contributed by atoms with Gasteiger partial charge >= 0.3 is 5.97 Å². The van der Waals surface area contributed by atoms with Crippen molar-refractivity contribution in [3.05, 3.63) is 40.7 Å². The third kappa shape index (κ3) is 1.79. The summed E-state index contributed by atoms with van der Waals surface area (Å²) in [6.07, 6.45) is 1.09. The summed E-state index contributed by atoms with van der Waals surface area (Å²) in [7, 11) is 0. The van der Waals surface area contributed by atoms with Crippen molar-refractivity contribution in [2.24, 2.45) is 0 Å². The standard InChI is InChI=1S/C11H8ClNO3/c1-6-3-2-4-7(9(6)12)10-13-8(5-16-10)11(14)15/h2-5H,1H3,(H,14,15). The molecule has 0 fully saturated rings. The summed E-state index contributed by atoms with van der Waals surface area (Å²) in [6, 6.07) is 5.39. The monoisotopic (exact) mass is 237 g/mol. The molecule has 0 saturated carbocycles. The molecule has 0 aliphatic carbocycles. The number of nitrogens with zero attached hydrogens (tertiary/aromatic N) is 1. The van der Waals surface area contributed by atoms with Crippen LogP contribution in [0.3, 0.4) is 0 Å². The minimum atomic E-state index is -1.13. The first-order chi connectivity index (χ1) is 7.59. The first-order valence-electron chi connectivity index (χ1n) is 4.54. The van der Waals surface area contributed by atoms with E-state index < -0.39 is 5.97 Å². The summed E-state index contributed by atoms with van der Waals surface area (Å²) in [5, 5.41) is 9.23. The van der Waals surface area contributed by atoms with Crippen molar-refractivity contribution in [2.45, 2.75) is 6.92 Å². The summed E-state index contributed by atoms with van der Waals surface area (Å²) in [4.78, 5) is 14.5. The van der Waals surface area contributed by atoms with E-state index in [-0.39, 0.29) is 11.6 Å². The van der Waals surface area contributed by atoms with Gasteiger partial charge in [0.25, 0.3) is 0 Å². The topological polar surface area (TPSA) is 63.3 Å². The number of carboxylic acids is 1. The Kier molecular flexibility index (Phi) is 2.66. The van der Waals surface area contributed by atoms with Gasteiger partial charge in [-0.2, -0.15) is 0 Å². The Bertz CT molecular complexity index is 548. The van der Waals surface area contributed by atoms with Crippen LogP contribution in [0.15, 0.2) is 28.9 Å². The lowest BCUT2D eigenvalue weighted by Crippen LogP contribution is -1.95. The van der Waals surface area contributed by atoms with Crippen molar-refractivity contribution < 1.29 is 14.3 Å². The van der Waals surface area contributed by atoms with E-state index in [0.717, 1.165) is 11.8 Å². The number of benzene rings is 1. The fraction of sp³-hybridized carbons (Fsp3) is 0.0909. The van der Waals surface area contributed by atoms with Gasteiger partial charge in [-0.1, -0.05) is 23.7 Å². The third-order valence-corrected chi connectivity index (χ3v) is 2.65. The molecule has 0 unspecified atom stereocenters. The maximum absolute atomic E-state index is 10.6. The largest absolute Gasteiger partial charge is 0.476 e. The van der Waals surface area contributed by atoms with Crippen molar-refractivity contribution in [1.29, 1.82) is 0 Å². The Morgan fingerprint density at radius 1 is 1.50 bits per heavy atom. The number of aromatic nitrogens is 1. The molecule has 2 rings (SSSR count). The van der Waals surface area contributed by atoms with E-state index in [2.05, 4.69) is 4.98 Å². The van der Waals surface area contributed by atoms with Crippen LogP contribution in [0.5, 0.6) is 0 Å². The van der Waals surface area contributed by atoms with E-state index >= 15 is 0 Å². The van der Waals surface area contributed by atoms with Crippen LogP contribution in [-0.4, -0.2) is 16.1 Å². The molecule has 2 aromatic rings. The minimum Gasteiger partial charge on any atom is -0.476 e. The van der Waals surface area contributed by atoms with Gasteiger partial charge in [0.05, 0.1) is 10.6 Å². The molecule has 1 aromatic carbocycles. The molecular formula is C11H8ClNO3. The molecule has 1 aromatic heterocycles. The van der Waals surface area contributed by atoms with Crippen molar-refractivity contribution in [1.82, 2.24) is 4.98 Å². The first kappa shape index (κ1) is 10.7. The van der Waals surface area contributed by atoms with Gasteiger partial charge in [0, 0.05) is 0 Å². The highest BCUT2D eigenvalue weighted by atomic mass is 35.5. The average molecular weight is 238 g/mol. The molecule has 0 aliphatic heterocycles. The number of aryl methyl sites for hydroxylation is 1. The fourth-order valence-corrected chi connectivity index (χ4v) is 1.52. The minimum absolute atomic E-state index is 0.132. The van der Waals surface area contributed by atoms with Gasteiger partial charge in [-0.3, -0.25) is 0 Å². The Balaban J connectivity index is 2.50. The molecule has 0 bridgehead atoms. The number of carboxylic acid groups (broad SMARTS) is 1. The Morgan fingerprint density at radius 2 is 2.25 bits per heavy atom. The van der Waals surface area contributed by atoms with Crippen LogP contribution in [0.2, 0.25) is 5.02 Å². The summed E-state index contributed by atoms with van der Waals surface area (Å²) in [6.45, 7) is 1.85. The number of hydrogen-bond donors (Lipinski definition) is 1. The lowest BCUT2D eigenvalue weighted by atomic mass is 10.1. The fourth-order valence-electron chi connectivity index (χ4n) is 1.31. The van der Waals surface area contributed by atoms with Gasteiger partial charge in [-0.05, 0) is 18.6 Å². The highest BCUT2D eigenvalue weighted by molar-refractivity contribution is 6.33. The van der Waals surface area contributed by atoms with E-state index in [1.807, 2.05) is 13.0 Å². The van der Waals surface area contributed by atoms with Gasteiger partial charge < -0.3 is 9.52 Å².